The molecule has 0 saturated heterocycles. The fraction of sp³-hybridized carbons (Fsp3) is 1.00. The van der Waals surface area contributed by atoms with Crippen molar-refractivity contribution >= 4 is 0 Å². The topological polar surface area (TPSA) is 0 Å². The van der Waals surface area contributed by atoms with Crippen molar-refractivity contribution < 1.29 is 0 Å². The van der Waals surface area contributed by atoms with E-state index in [2.05, 4.69) is 34.6 Å². The van der Waals surface area contributed by atoms with Crippen LogP contribution in [0.1, 0.15) is 60.3 Å². The number of hydrogen-bond acceptors (Lipinski definition) is 0. The van der Waals surface area contributed by atoms with Crippen molar-refractivity contribution in [1.82, 2.24) is 0 Å². The van der Waals surface area contributed by atoms with Crippen molar-refractivity contribution in [3.05, 3.63) is 0 Å². The zero-order valence-electron chi connectivity index (χ0n) is 10.1. The first-order valence-corrected chi connectivity index (χ1v) is 5.97. The Hall–Kier alpha value is 0. The van der Waals surface area contributed by atoms with Crippen LogP contribution >= 0.6 is 0 Å². The molecule has 0 aromatic heterocycles. The maximum atomic E-state index is 2.47. The van der Waals surface area contributed by atoms with Crippen LogP contribution in [0.5, 0.6) is 0 Å². The standard InChI is InChI=1S/C13H26/c1-6-7-11-8-12(11)13(4,5)9-10(2)3/h10-12H,6-9H2,1-5H3. The minimum absolute atomic E-state index is 0.605. The molecule has 0 heterocycles. The van der Waals surface area contributed by atoms with E-state index in [1.165, 1.54) is 25.7 Å². The van der Waals surface area contributed by atoms with Gasteiger partial charge in [-0.1, -0.05) is 47.5 Å². The van der Waals surface area contributed by atoms with Crippen molar-refractivity contribution in [2.24, 2.45) is 23.2 Å². The maximum absolute atomic E-state index is 2.47. The lowest BCUT2D eigenvalue weighted by atomic mass is 9.78. The van der Waals surface area contributed by atoms with Gasteiger partial charge in [-0.2, -0.15) is 0 Å². The van der Waals surface area contributed by atoms with Gasteiger partial charge in [0.25, 0.3) is 0 Å². The van der Waals surface area contributed by atoms with E-state index in [-0.39, 0.29) is 0 Å². The van der Waals surface area contributed by atoms with E-state index in [9.17, 15) is 0 Å². The Labute approximate surface area is 84.1 Å². The molecule has 0 bridgehead atoms. The van der Waals surface area contributed by atoms with Gasteiger partial charge in [0.2, 0.25) is 0 Å². The van der Waals surface area contributed by atoms with Crippen LogP contribution in [0.3, 0.4) is 0 Å². The largest absolute Gasteiger partial charge is 0.0654 e. The highest BCUT2D eigenvalue weighted by atomic mass is 14.5. The van der Waals surface area contributed by atoms with Gasteiger partial charge < -0.3 is 0 Å². The van der Waals surface area contributed by atoms with Crippen LogP contribution in [0, 0.1) is 23.2 Å². The highest BCUT2D eigenvalue weighted by Gasteiger charge is 2.46. The molecule has 0 aromatic rings. The average molecular weight is 182 g/mol. The predicted octanol–water partition coefficient (Wildman–Crippen LogP) is 4.49. The quantitative estimate of drug-likeness (QED) is 0.587. The number of rotatable bonds is 5. The minimum atomic E-state index is 0.605. The van der Waals surface area contributed by atoms with E-state index in [0.29, 0.717) is 5.41 Å². The van der Waals surface area contributed by atoms with Crippen LogP contribution in [0.15, 0.2) is 0 Å². The Morgan fingerprint density at radius 1 is 1.31 bits per heavy atom. The molecule has 0 spiro atoms. The van der Waals surface area contributed by atoms with Crippen molar-refractivity contribution in [3.63, 3.8) is 0 Å². The molecule has 1 aliphatic carbocycles. The fourth-order valence-electron chi connectivity index (χ4n) is 3.10. The average Bonchev–Trinajstić information content (AvgIpc) is 2.65. The van der Waals surface area contributed by atoms with Crippen LogP contribution in [-0.2, 0) is 0 Å². The molecular weight excluding hydrogens is 156 g/mol. The minimum Gasteiger partial charge on any atom is -0.0654 e. The summed E-state index contributed by atoms with van der Waals surface area (Å²) in [6, 6.07) is 0. The van der Waals surface area contributed by atoms with Gasteiger partial charge in [0.05, 0.1) is 0 Å². The summed E-state index contributed by atoms with van der Waals surface area (Å²) in [6.07, 6.45) is 5.75. The predicted molar refractivity (Wildman–Crippen MR) is 59.7 cm³/mol. The van der Waals surface area contributed by atoms with Gasteiger partial charge in [-0.25, -0.2) is 0 Å². The lowest BCUT2D eigenvalue weighted by Gasteiger charge is -2.27. The second-order valence-corrected chi connectivity index (χ2v) is 5.98. The van der Waals surface area contributed by atoms with Gasteiger partial charge in [-0.05, 0) is 36.0 Å². The molecule has 1 saturated carbocycles. The van der Waals surface area contributed by atoms with E-state index < -0.39 is 0 Å². The molecule has 0 amide bonds. The molecule has 13 heavy (non-hydrogen) atoms. The maximum Gasteiger partial charge on any atom is -0.0321 e. The van der Waals surface area contributed by atoms with Crippen molar-refractivity contribution in [2.75, 3.05) is 0 Å². The molecule has 0 radical (unpaired) electrons. The highest BCUT2D eigenvalue weighted by Crippen LogP contribution is 2.55. The first kappa shape index (κ1) is 11.1. The van der Waals surface area contributed by atoms with Crippen LogP contribution in [0.25, 0.3) is 0 Å². The summed E-state index contributed by atoms with van der Waals surface area (Å²) in [7, 11) is 0. The Morgan fingerprint density at radius 2 is 1.92 bits per heavy atom. The third kappa shape index (κ3) is 3.00. The first-order chi connectivity index (χ1) is 5.97. The highest BCUT2D eigenvalue weighted by molar-refractivity contribution is 4.95. The SMILES string of the molecule is CCCC1CC1C(C)(C)CC(C)C. The molecule has 0 N–H and O–H groups in total. The van der Waals surface area contributed by atoms with Crippen molar-refractivity contribution in [1.29, 1.82) is 0 Å². The summed E-state index contributed by atoms with van der Waals surface area (Å²) in [5.41, 5.74) is 0.605. The van der Waals surface area contributed by atoms with Crippen LogP contribution in [0.2, 0.25) is 0 Å². The molecule has 1 rings (SSSR count). The molecule has 1 aliphatic rings. The van der Waals surface area contributed by atoms with E-state index in [1.54, 1.807) is 0 Å². The van der Waals surface area contributed by atoms with E-state index in [1.807, 2.05) is 0 Å². The Balaban J connectivity index is 2.35. The molecule has 0 heteroatoms. The molecule has 0 aliphatic heterocycles. The summed E-state index contributed by atoms with van der Waals surface area (Å²) in [6.45, 7) is 11.9. The monoisotopic (exact) mass is 182 g/mol. The van der Waals surface area contributed by atoms with Gasteiger partial charge in [0, 0.05) is 0 Å². The van der Waals surface area contributed by atoms with Crippen LogP contribution in [0.4, 0.5) is 0 Å². The Bertz CT molecular complexity index is 155. The summed E-state index contributed by atoms with van der Waals surface area (Å²) in [5, 5.41) is 0. The molecule has 78 valence electrons. The third-order valence-corrected chi connectivity index (χ3v) is 3.52. The molecule has 0 nitrogen and oxygen atoms in total. The number of hydrogen-bond donors (Lipinski definition) is 0. The second kappa shape index (κ2) is 4.02. The third-order valence-electron chi connectivity index (χ3n) is 3.52. The fourth-order valence-corrected chi connectivity index (χ4v) is 3.10. The second-order valence-electron chi connectivity index (χ2n) is 5.98. The van der Waals surface area contributed by atoms with Gasteiger partial charge in [0.15, 0.2) is 0 Å². The smallest absolute Gasteiger partial charge is 0.0321 e. The van der Waals surface area contributed by atoms with E-state index in [0.717, 1.165) is 17.8 Å². The van der Waals surface area contributed by atoms with Crippen LogP contribution < -0.4 is 0 Å². The lowest BCUT2D eigenvalue weighted by molar-refractivity contribution is 0.230. The molecule has 2 unspecified atom stereocenters. The van der Waals surface area contributed by atoms with Crippen LogP contribution in [-0.4, -0.2) is 0 Å². The lowest BCUT2D eigenvalue weighted by Crippen LogP contribution is -2.18. The molecule has 0 aromatic carbocycles. The summed E-state index contributed by atoms with van der Waals surface area (Å²) in [4.78, 5) is 0. The van der Waals surface area contributed by atoms with Gasteiger partial charge >= 0.3 is 0 Å². The Kier molecular flexibility index (Phi) is 3.43. The first-order valence-electron chi connectivity index (χ1n) is 5.97. The Morgan fingerprint density at radius 3 is 2.38 bits per heavy atom. The van der Waals surface area contributed by atoms with Gasteiger partial charge in [-0.15, -0.1) is 0 Å². The normalized spacial score (nSPS) is 28.2. The van der Waals surface area contributed by atoms with Gasteiger partial charge in [-0.3, -0.25) is 0 Å². The zero-order chi connectivity index (χ0) is 10.1. The molecular formula is C13H26. The van der Waals surface area contributed by atoms with Crippen molar-refractivity contribution in [2.45, 2.75) is 60.3 Å². The summed E-state index contributed by atoms with van der Waals surface area (Å²) >= 11 is 0. The molecule has 1 fully saturated rings. The van der Waals surface area contributed by atoms with Crippen molar-refractivity contribution in [3.8, 4) is 0 Å². The van der Waals surface area contributed by atoms with E-state index in [4.69, 9.17) is 0 Å². The van der Waals surface area contributed by atoms with E-state index >= 15 is 0 Å². The zero-order valence-corrected chi connectivity index (χ0v) is 10.1. The molecule has 2 atom stereocenters. The van der Waals surface area contributed by atoms with Gasteiger partial charge in [0.1, 0.15) is 0 Å². The summed E-state index contributed by atoms with van der Waals surface area (Å²) < 4.78 is 0. The summed E-state index contributed by atoms with van der Waals surface area (Å²) in [5.74, 6) is 2.96.